The minimum Gasteiger partial charge on any atom is -0.342 e. The molecule has 1 aliphatic rings. The molecule has 1 fully saturated rings. The SMILES string of the molecule is O=C(CCn1cncn1)N1CCCC(CCc2ccccc2C(F)(F)F)C1. The number of carbonyl (C=O) groups excluding carboxylic acids is 1. The summed E-state index contributed by atoms with van der Waals surface area (Å²) in [4.78, 5) is 18.1. The van der Waals surface area contributed by atoms with Crippen molar-refractivity contribution < 1.29 is 18.0 Å². The third-order valence-corrected chi connectivity index (χ3v) is 5.04. The van der Waals surface area contributed by atoms with Gasteiger partial charge >= 0.3 is 6.18 Å². The number of nitrogens with zero attached hydrogens (tertiary/aromatic N) is 4. The maximum atomic E-state index is 13.1. The second-order valence-electron chi connectivity index (χ2n) is 6.95. The molecule has 1 aromatic heterocycles. The van der Waals surface area contributed by atoms with Crippen molar-refractivity contribution in [3.63, 3.8) is 0 Å². The fraction of sp³-hybridized carbons (Fsp3) is 0.526. The molecule has 1 amide bonds. The summed E-state index contributed by atoms with van der Waals surface area (Å²) in [6, 6.07) is 5.75. The van der Waals surface area contributed by atoms with Crippen molar-refractivity contribution in [1.82, 2.24) is 19.7 Å². The van der Waals surface area contributed by atoms with Gasteiger partial charge in [0, 0.05) is 19.5 Å². The highest BCUT2D eigenvalue weighted by Crippen LogP contribution is 2.33. The standard InChI is InChI=1S/C19H23F3N4O/c20-19(21,22)17-6-2-1-5-16(17)8-7-15-4-3-10-25(12-15)18(27)9-11-26-14-23-13-24-26/h1-2,5-6,13-15H,3-4,7-12H2. The summed E-state index contributed by atoms with van der Waals surface area (Å²) in [5.41, 5.74) is -0.221. The molecule has 0 radical (unpaired) electrons. The Kier molecular flexibility index (Phi) is 6.13. The highest BCUT2D eigenvalue weighted by Gasteiger charge is 2.33. The summed E-state index contributed by atoms with van der Waals surface area (Å²) in [7, 11) is 0. The Labute approximate surface area is 156 Å². The quantitative estimate of drug-likeness (QED) is 0.770. The zero-order valence-corrected chi connectivity index (χ0v) is 15.0. The minimum atomic E-state index is -4.33. The number of aromatic nitrogens is 3. The largest absolute Gasteiger partial charge is 0.416 e. The summed E-state index contributed by atoms with van der Waals surface area (Å²) in [6.45, 7) is 1.81. The average Bonchev–Trinajstić information content (AvgIpc) is 3.18. The fourth-order valence-electron chi connectivity index (χ4n) is 3.62. The molecule has 2 heterocycles. The van der Waals surface area contributed by atoms with E-state index in [0.717, 1.165) is 18.9 Å². The predicted octanol–water partition coefficient (Wildman–Crippen LogP) is 3.56. The summed E-state index contributed by atoms with van der Waals surface area (Å²) in [5.74, 6) is 0.293. The molecule has 0 bridgehead atoms. The van der Waals surface area contributed by atoms with Gasteiger partial charge in [0.25, 0.3) is 0 Å². The molecule has 1 saturated heterocycles. The number of rotatable bonds is 6. The Hall–Kier alpha value is -2.38. The lowest BCUT2D eigenvalue weighted by molar-refractivity contribution is -0.138. The van der Waals surface area contributed by atoms with Crippen molar-refractivity contribution in [3.05, 3.63) is 48.0 Å². The summed E-state index contributed by atoms with van der Waals surface area (Å²) < 4.78 is 41.0. The van der Waals surface area contributed by atoms with Crippen LogP contribution >= 0.6 is 0 Å². The van der Waals surface area contributed by atoms with E-state index in [0.29, 0.717) is 44.5 Å². The number of likely N-dealkylation sites (tertiary alicyclic amines) is 1. The third-order valence-electron chi connectivity index (χ3n) is 5.04. The fourth-order valence-corrected chi connectivity index (χ4v) is 3.62. The van der Waals surface area contributed by atoms with Gasteiger partial charge in [0.05, 0.1) is 12.1 Å². The first-order valence-electron chi connectivity index (χ1n) is 9.19. The van der Waals surface area contributed by atoms with Crippen LogP contribution in [0.1, 0.15) is 36.8 Å². The number of alkyl halides is 3. The number of benzene rings is 1. The summed E-state index contributed by atoms with van der Waals surface area (Å²) >= 11 is 0. The van der Waals surface area contributed by atoms with Crippen molar-refractivity contribution in [1.29, 1.82) is 0 Å². The molecule has 0 N–H and O–H groups in total. The molecule has 2 aromatic rings. The van der Waals surface area contributed by atoms with Crippen LogP contribution in [0, 0.1) is 5.92 Å². The molecule has 3 rings (SSSR count). The molecule has 1 aromatic carbocycles. The van der Waals surface area contributed by atoms with Gasteiger partial charge in [-0.15, -0.1) is 0 Å². The highest BCUT2D eigenvalue weighted by atomic mass is 19.4. The minimum absolute atomic E-state index is 0.0610. The Balaban J connectivity index is 1.52. The first kappa shape index (κ1) is 19.4. The van der Waals surface area contributed by atoms with Gasteiger partial charge in [0.2, 0.25) is 5.91 Å². The van der Waals surface area contributed by atoms with Gasteiger partial charge in [-0.1, -0.05) is 18.2 Å². The van der Waals surface area contributed by atoms with Crippen LogP contribution in [0.25, 0.3) is 0 Å². The lowest BCUT2D eigenvalue weighted by atomic mass is 9.90. The van der Waals surface area contributed by atoms with Crippen LogP contribution in [-0.4, -0.2) is 38.7 Å². The van der Waals surface area contributed by atoms with E-state index < -0.39 is 11.7 Å². The van der Waals surface area contributed by atoms with Gasteiger partial charge in [-0.05, 0) is 43.2 Å². The second kappa shape index (κ2) is 8.54. The topological polar surface area (TPSA) is 51.0 Å². The van der Waals surface area contributed by atoms with Crippen molar-refractivity contribution in [2.45, 2.75) is 44.8 Å². The van der Waals surface area contributed by atoms with Gasteiger partial charge in [-0.2, -0.15) is 18.3 Å². The number of hydrogen-bond donors (Lipinski definition) is 0. The molecule has 1 unspecified atom stereocenters. The first-order valence-corrected chi connectivity index (χ1v) is 9.19. The van der Waals surface area contributed by atoms with Crippen LogP contribution in [0.4, 0.5) is 13.2 Å². The number of hydrogen-bond acceptors (Lipinski definition) is 3. The normalized spacial score (nSPS) is 17.9. The average molecular weight is 380 g/mol. The van der Waals surface area contributed by atoms with Crippen LogP contribution in [0.15, 0.2) is 36.9 Å². The van der Waals surface area contributed by atoms with E-state index in [1.165, 1.54) is 12.4 Å². The molecule has 146 valence electrons. The molecule has 0 aliphatic carbocycles. The molecule has 1 atom stereocenters. The number of amides is 1. The lowest BCUT2D eigenvalue weighted by Gasteiger charge is -2.33. The summed E-state index contributed by atoms with van der Waals surface area (Å²) in [5, 5.41) is 3.98. The molecule has 0 spiro atoms. The van der Waals surface area contributed by atoms with Crippen LogP contribution in [0.3, 0.4) is 0 Å². The molecular formula is C19H23F3N4O. The Morgan fingerprint density at radius 2 is 2.07 bits per heavy atom. The van der Waals surface area contributed by atoms with E-state index >= 15 is 0 Å². The number of piperidine rings is 1. The monoisotopic (exact) mass is 380 g/mol. The summed E-state index contributed by atoms with van der Waals surface area (Å²) in [6.07, 6.45) is 1.90. The smallest absolute Gasteiger partial charge is 0.342 e. The van der Waals surface area contributed by atoms with Crippen molar-refractivity contribution in [3.8, 4) is 0 Å². The maximum absolute atomic E-state index is 13.1. The Bertz CT molecular complexity index is 746. The lowest BCUT2D eigenvalue weighted by Crippen LogP contribution is -2.40. The van der Waals surface area contributed by atoms with E-state index in [1.54, 1.807) is 23.1 Å². The molecule has 0 saturated carbocycles. The zero-order chi connectivity index (χ0) is 19.3. The zero-order valence-electron chi connectivity index (χ0n) is 15.0. The van der Waals surface area contributed by atoms with E-state index in [9.17, 15) is 18.0 Å². The first-order chi connectivity index (χ1) is 12.9. The van der Waals surface area contributed by atoms with E-state index in [-0.39, 0.29) is 11.8 Å². The molecular weight excluding hydrogens is 357 g/mol. The molecule has 27 heavy (non-hydrogen) atoms. The van der Waals surface area contributed by atoms with Crippen LogP contribution in [0.5, 0.6) is 0 Å². The van der Waals surface area contributed by atoms with E-state index in [2.05, 4.69) is 10.1 Å². The van der Waals surface area contributed by atoms with Gasteiger partial charge < -0.3 is 4.90 Å². The number of carbonyl (C=O) groups is 1. The van der Waals surface area contributed by atoms with Gasteiger partial charge in [-0.25, -0.2) is 4.98 Å². The van der Waals surface area contributed by atoms with Crippen LogP contribution in [0.2, 0.25) is 0 Å². The number of aryl methyl sites for hydroxylation is 2. The Morgan fingerprint density at radius 1 is 1.26 bits per heavy atom. The molecule has 8 heteroatoms. The number of halogens is 3. The van der Waals surface area contributed by atoms with Crippen molar-refractivity contribution >= 4 is 5.91 Å². The van der Waals surface area contributed by atoms with Crippen LogP contribution < -0.4 is 0 Å². The van der Waals surface area contributed by atoms with E-state index in [4.69, 9.17) is 0 Å². The van der Waals surface area contributed by atoms with Gasteiger partial charge in [0.1, 0.15) is 12.7 Å². The van der Waals surface area contributed by atoms with Crippen molar-refractivity contribution in [2.75, 3.05) is 13.1 Å². The maximum Gasteiger partial charge on any atom is 0.416 e. The Morgan fingerprint density at radius 3 is 2.81 bits per heavy atom. The molecule has 1 aliphatic heterocycles. The highest BCUT2D eigenvalue weighted by molar-refractivity contribution is 5.76. The molecule has 5 nitrogen and oxygen atoms in total. The van der Waals surface area contributed by atoms with E-state index in [1.807, 2.05) is 4.90 Å². The predicted molar refractivity (Wildman–Crippen MR) is 93.7 cm³/mol. The van der Waals surface area contributed by atoms with Crippen LogP contribution in [-0.2, 0) is 23.9 Å². The van der Waals surface area contributed by atoms with Crippen molar-refractivity contribution in [2.24, 2.45) is 5.92 Å². The van der Waals surface area contributed by atoms with Gasteiger partial charge in [0.15, 0.2) is 0 Å². The second-order valence-corrected chi connectivity index (χ2v) is 6.95. The third kappa shape index (κ3) is 5.30. The van der Waals surface area contributed by atoms with Gasteiger partial charge in [-0.3, -0.25) is 9.48 Å².